The van der Waals surface area contributed by atoms with Crippen LogP contribution >= 0.6 is 35.6 Å². The lowest BCUT2D eigenvalue weighted by molar-refractivity contribution is -0.123. The van der Waals surface area contributed by atoms with E-state index in [0.29, 0.717) is 37.8 Å². The van der Waals surface area contributed by atoms with Crippen molar-refractivity contribution in [3.8, 4) is 5.75 Å². The third-order valence-electron chi connectivity index (χ3n) is 4.78. The molecule has 1 aliphatic heterocycles. The highest BCUT2D eigenvalue weighted by molar-refractivity contribution is 8.27. The first kappa shape index (κ1) is 23.0. The number of thiocarbonyl (C=S) groups is 1. The van der Waals surface area contributed by atoms with E-state index in [1.165, 1.54) is 16.7 Å². The normalized spacial score (nSPS) is 14.6. The zero-order valence-corrected chi connectivity index (χ0v) is 19.8. The maximum Gasteiger partial charge on any atom is 0.270 e. The van der Waals surface area contributed by atoms with E-state index in [4.69, 9.17) is 28.6 Å². The van der Waals surface area contributed by atoms with E-state index in [-0.39, 0.29) is 18.4 Å². The summed E-state index contributed by atoms with van der Waals surface area (Å²) < 4.78 is 6.18. The molecule has 2 amide bonds. The van der Waals surface area contributed by atoms with Crippen molar-refractivity contribution in [1.82, 2.24) is 5.32 Å². The van der Waals surface area contributed by atoms with Gasteiger partial charge in [0.15, 0.2) is 10.9 Å². The van der Waals surface area contributed by atoms with Crippen LogP contribution in [0.2, 0.25) is 5.02 Å². The summed E-state index contributed by atoms with van der Waals surface area (Å²) in [6, 6.07) is 23.8. The van der Waals surface area contributed by atoms with E-state index >= 15 is 0 Å². The van der Waals surface area contributed by atoms with Gasteiger partial charge in [0, 0.05) is 17.1 Å². The van der Waals surface area contributed by atoms with Crippen molar-refractivity contribution < 1.29 is 14.3 Å². The van der Waals surface area contributed by atoms with Gasteiger partial charge >= 0.3 is 0 Å². The van der Waals surface area contributed by atoms with Gasteiger partial charge in [0.05, 0.1) is 10.6 Å². The fraction of sp³-hybridized carbons (Fsp3) is 0.0800. The number of carbonyl (C=O) groups is 2. The van der Waals surface area contributed by atoms with Crippen LogP contribution in [-0.2, 0) is 16.1 Å². The molecule has 0 spiro atoms. The summed E-state index contributed by atoms with van der Waals surface area (Å²) in [5, 5.41) is 3.41. The van der Waals surface area contributed by atoms with Crippen LogP contribution in [0, 0.1) is 0 Å². The maximum absolute atomic E-state index is 13.0. The van der Waals surface area contributed by atoms with Crippen LogP contribution in [0.15, 0.2) is 83.8 Å². The number of halogens is 1. The average molecular weight is 495 g/mol. The largest absolute Gasteiger partial charge is 0.483 e. The Kier molecular flexibility index (Phi) is 7.44. The molecule has 0 aromatic heterocycles. The zero-order chi connectivity index (χ0) is 23.2. The van der Waals surface area contributed by atoms with Gasteiger partial charge in [0.25, 0.3) is 11.8 Å². The fourth-order valence-electron chi connectivity index (χ4n) is 3.14. The van der Waals surface area contributed by atoms with Gasteiger partial charge in [-0.3, -0.25) is 14.5 Å². The number of amides is 2. The van der Waals surface area contributed by atoms with Crippen LogP contribution in [0.25, 0.3) is 6.08 Å². The minimum Gasteiger partial charge on any atom is -0.483 e. The third-order valence-corrected chi connectivity index (χ3v) is 6.33. The Morgan fingerprint density at radius 2 is 1.73 bits per heavy atom. The standard InChI is InChI=1S/C25H19ClN2O3S2/c26-19-10-12-20(13-11-19)28-24(30)22(33-25(28)32)14-18-8-4-5-9-21(18)31-16-23(29)27-15-17-6-2-1-3-7-17/h1-14H,15-16H2,(H,27,29)/b22-14-. The van der Waals surface area contributed by atoms with Crippen molar-refractivity contribution in [2.75, 3.05) is 11.5 Å². The van der Waals surface area contributed by atoms with Crippen molar-refractivity contribution in [2.45, 2.75) is 6.54 Å². The zero-order valence-electron chi connectivity index (χ0n) is 17.4. The van der Waals surface area contributed by atoms with Crippen LogP contribution in [0.4, 0.5) is 5.69 Å². The summed E-state index contributed by atoms with van der Waals surface area (Å²) in [6.45, 7) is 0.293. The number of nitrogens with one attached hydrogen (secondary N) is 1. The molecule has 1 fully saturated rings. The summed E-state index contributed by atoms with van der Waals surface area (Å²) in [7, 11) is 0. The van der Waals surface area contributed by atoms with Gasteiger partial charge < -0.3 is 10.1 Å². The van der Waals surface area contributed by atoms with Crippen molar-refractivity contribution in [3.05, 3.63) is 99.9 Å². The van der Waals surface area contributed by atoms with E-state index in [0.717, 1.165) is 5.56 Å². The van der Waals surface area contributed by atoms with Crippen LogP contribution in [-0.4, -0.2) is 22.7 Å². The second kappa shape index (κ2) is 10.7. The molecule has 3 aromatic rings. The number of rotatable bonds is 7. The molecule has 0 unspecified atom stereocenters. The number of nitrogens with zero attached hydrogens (tertiary/aromatic N) is 1. The quantitative estimate of drug-likeness (QED) is 0.350. The highest BCUT2D eigenvalue weighted by Crippen LogP contribution is 2.37. The fourth-order valence-corrected chi connectivity index (χ4v) is 4.56. The molecule has 1 saturated heterocycles. The molecule has 4 rings (SSSR count). The number of carbonyl (C=O) groups excluding carboxylic acids is 2. The first-order valence-corrected chi connectivity index (χ1v) is 11.7. The number of benzene rings is 3. The maximum atomic E-state index is 13.0. The van der Waals surface area contributed by atoms with Crippen LogP contribution in [0.3, 0.4) is 0 Å². The Bertz CT molecular complexity index is 1210. The molecule has 1 N–H and O–H groups in total. The van der Waals surface area contributed by atoms with E-state index in [9.17, 15) is 9.59 Å². The molecule has 166 valence electrons. The SMILES string of the molecule is O=C(COc1ccccc1/C=C1\SC(=S)N(c2ccc(Cl)cc2)C1=O)NCc1ccccc1. The summed E-state index contributed by atoms with van der Waals surface area (Å²) in [4.78, 5) is 27.2. The van der Waals surface area contributed by atoms with Gasteiger partial charge in [-0.1, -0.05) is 84.1 Å². The van der Waals surface area contributed by atoms with Crippen molar-refractivity contribution in [1.29, 1.82) is 0 Å². The van der Waals surface area contributed by atoms with Gasteiger partial charge in [0.1, 0.15) is 5.75 Å². The minimum atomic E-state index is -0.234. The number of hydrogen-bond acceptors (Lipinski definition) is 5. The lowest BCUT2D eigenvalue weighted by Crippen LogP contribution is -2.28. The number of hydrogen-bond donors (Lipinski definition) is 1. The molecule has 33 heavy (non-hydrogen) atoms. The molecule has 5 nitrogen and oxygen atoms in total. The molecule has 0 atom stereocenters. The molecule has 0 aliphatic carbocycles. The molecule has 3 aromatic carbocycles. The molecule has 8 heteroatoms. The smallest absolute Gasteiger partial charge is 0.270 e. The van der Waals surface area contributed by atoms with Crippen LogP contribution < -0.4 is 15.0 Å². The molecule has 0 bridgehead atoms. The molecule has 0 radical (unpaired) electrons. The molecular weight excluding hydrogens is 476 g/mol. The van der Waals surface area contributed by atoms with E-state index in [2.05, 4.69) is 5.32 Å². The summed E-state index contributed by atoms with van der Waals surface area (Å²) >= 11 is 12.6. The molecular formula is C25H19ClN2O3S2. The first-order chi connectivity index (χ1) is 16.0. The summed E-state index contributed by atoms with van der Waals surface area (Å²) in [5.74, 6) is 0.0505. The predicted molar refractivity (Wildman–Crippen MR) is 137 cm³/mol. The number of anilines is 1. The lowest BCUT2D eigenvalue weighted by atomic mass is 10.2. The van der Waals surface area contributed by atoms with Gasteiger partial charge in [-0.2, -0.15) is 0 Å². The van der Waals surface area contributed by atoms with E-state index < -0.39 is 0 Å². The Balaban J connectivity index is 1.43. The van der Waals surface area contributed by atoms with Crippen molar-refractivity contribution >= 4 is 63.5 Å². The molecule has 1 heterocycles. The highest BCUT2D eigenvalue weighted by atomic mass is 35.5. The number of thioether (sulfide) groups is 1. The average Bonchev–Trinajstić information content (AvgIpc) is 3.11. The Morgan fingerprint density at radius 3 is 2.48 bits per heavy atom. The highest BCUT2D eigenvalue weighted by Gasteiger charge is 2.33. The van der Waals surface area contributed by atoms with E-state index in [1.807, 2.05) is 48.5 Å². The third kappa shape index (κ3) is 5.82. The Morgan fingerprint density at radius 1 is 1.03 bits per heavy atom. The summed E-state index contributed by atoms with van der Waals surface area (Å²) in [5.41, 5.74) is 2.35. The first-order valence-electron chi connectivity index (χ1n) is 10.1. The Hall–Kier alpha value is -3.13. The summed E-state index contributed by atoms with van der Waals surface area (Å²) in [6.07, 6.45) is 1.73. The van der Waals surface area contributed by atoms with Crippen LogP contribution in [0.5, 0.6) is 5.75 Å². The second-order valence-corrected chi connectivity index (χ2v) is 9.19. The van der Waals surface area contributed by atoms with E-state index in [1.54, 1.807) is 36.4 Å². The molecule has 0 saturated carbocycles. The topological polar surface area (TPSA) is 58.6 Å². The van der Waals surface area contributed by atoms with Gasteiger partial charge in [0.2, 0.25) is 0 Å². The van der Waals surface area contributed by atoms with Gasteiger partial charge in [-0.05, 0) is 42.0 Å². The van der Waals surface area contributed by atoms with Gasteiger partial charge in [-0.15, -0.1) is 0 Å². The predicted octanol–water partition coefficient (Wildman–Crippen LogP) is 5.44. The molecule has 1 aliphatic rings. The monoisotopic (exact) mass is 494 g/mol. The van der Waals surface area contributed by atoms with Crippen molar-refractivity contribution in [2.24, 2.45) is 0 Å². The van der Waals surface area contributed by atoms with Crippen molar-refractivity contribution in [3.63, 3.8) is 0 Å². The Labute approximate surface area is 206 Å². The van der Waals surface area contributed by atoms with Crippen LogP contribution in [0.1, 0.15) is 11.1 Å². The number of ether oxygens (including phenoxy) is 1. The number of para-hydroxylation sites is 1. The van der Waals surface area contributed by atoms with Gasteiger partial charge in [-0.25, -0.2) is 0 Å². The lowest BCUT2D eigenvalue weighted by Gasteiger charge is -2.14. The second-order valence-electron chi connectivity index (χ2n) is 7.08. The minimum absolute atomic E-state index is 0.135.